The molecule has 1 saturated heterocycles. The number of urea groups is 1. The second kappa shape index (κ2) is 5.83. The average Bonchev–Trinajstić information content (AvgIpc) is 3.27. The van der Waals surface area contributed by atoms with Gasteiger partial charge in [0.05, 0.1) is 6.61 Å². The quantitative estimate of drug-likeness (QED) is 0.861. The monoisotopic (exact) mass is 274 g/mol. The van der Waals surface area contributed by atoms with Gasteiger partial charge in [0.2, 0.25) is 0 Å². The third-order valence-electron chi connectivity index (χ3n) is 4.53. The second-order valence-electron chi connectivity index (χ2n) is 6.02. The highest BCUT2D eigenvalue weighted by atomic mass is 16.7. The van der Waals surface area contributed by atoms with Crippen LogP contribution in [0.2, 0.25) is 0 Å². The SMILES string of the molecule is O=C(NOCc1ccccc1)N1CCCC2(CC1)CC2. The molecule has 0 bridgehead atoms. The third-order valence-corrected chi connectivity index (χ3v) is 4.53. The first kappa shape index (κ1) is 13.4. The van der Waals surface area contributed by atoms with E-state index >= 15 is 0 Å². The van der Waals surface area contributed by atoms with Crippen LogP contribution in [0.25, 0.3) is 0 Å². The lowest BCUT2D eigenvalue weighted by atomic mass is 9.98. The molecule has 0 radical (unpaired) electrons. The van der Waals surface area contributed by atoms with Gasteiger partial charge in [-0.1, -0.05) is 30.3 Å². The van der Waals surface area contributed by atoms with Crippen molar-refractivity contribution in [3.8, 4) is 0 Å². The molecule has 0 atom stereocenters. The standard InChI is InChI=1S/C16H22N2O2/c19-15(17-20-13-14-5-2-1-3-6-14)18-11-4-7-16(8-9-16)10-12-18/h1-3,5-6H,4,7-13H2,(H,17,19). The van der Waals surface area contributed by atoms with E-state index < -0.39 is 0 Å². The Morgan fingerprint density at radius 2 is 1.95 bits per heavy atom. The first-order valence-electron chi connectivity index (χ1n) is 7.48. The Balaban J connectivity index is 1.42. The summed E-state index contributed by atoms with van der Waals surface area (Å²) >= 11 is 0. The molecule has 1 saturated carbocycles. The predicted molar refractivity (Wildman–Crippen MR) is 76.9 cm³/mol. The fourth-order valence-electron chi connectivity index (χ4n) is 2.95. The molecule has 1 aromatic carbocycles. The normalized spacial score (nSPS) is 20.5. The second-order valence-corrected chi connectivity index (χ2v) is 6.02. The fourth-order valence-corrected chi connectivity index (χ4v) is 2.95. The minimum absolute atomic E-state index is 0.0985. The van der Waals surface area contributed by atoms with Gasteiger partial charge in [-0.15, -0.1) is 0 Å². The van der Waals surface area contributed by atoms with Gasteiger partial charge in [0.25, 0.3) is 0 Å². The summed E-state index contributed by atoms with van der Waals surface area (Å²) < 4.78 is 0. The Labute approximate surface area is 120 Å². The molecule has 3 rings (SSSR count). The maximum Gasteiger partial charge on any atom is 0.341 e. The summed E-state index contributed by atoms with van der Waals surface area (Å²) in [7, 11) is 0. The third kappa shape index (κ3) is 3.31. The number of nitrogens with zero attached hydrogens (tertiary/aromatic N) is 1. The van der Waals surface area contributed by atoms with Gasteiger partial charge >= 0.3 is 6.03 Å². The zero-order chi connectivity index (χ0) is 13.8. The summed E-state index contributed by atoms with van der Waals surface area (Å²) in [4.78, 5) is 19.3. The van der Waals surface area contributed by atoms with Crippen molar-refractivity contribution in [1.29, 1.82) is 0 Å². The van der Waals surface area contributed by atoms with Crippen LogP contribution in [-0.2, 0) is 11.4 Å². The van der Waals surface area contributed by atoms with E-state index in [9.17, 15) is 4.79 Å². The molecule has 1 heterocycles. The number of likely N-dealkylation sites (tertiary alicyclic amines) is 1. The van der Waals surface area contributed by atoms with Crippen LogP contribution in [0.3, 0.4) is 0 Å². The minimum atomic E-state index is -0.0985. The summed E-state index contributed by atoms with van der Waals surface area (Å²) in [5.74, 6) is 0. The number of rotatable bonds is 3. The van der Waals surface area contributed by atoms with E-state index in [4.69, 9.17) is 4.84 Å². The van der Waals surface area contributed by atoms with Crippen molar-refractivity contribution < 1.29 is 9.63 Å². The zero-order valence-corrected chi connectivity index (χ0v) is 11.8. The molecule has 0 unspecified atom stereocenters. The molecule has 20 heavy (non-hydrogen) atoms. The molecule has 0 aromatic heterocycles. The molecule has 2 fully saturated rings. The van der Waals surface area contributed by atoms with Crippen LogP contribution in [-0.4, -0.2) is 24.0 Å². The lowest BCUT2D eigenvalue weighted by molar-refractivity contribution is 0.0367. The topological polar surface area (TPSA) is 41.6 Å². The molecular weight excluding hydrogens is 252 g/mol. The highest BCUT2D eigenvalue weighted by molar-refractivity contribution is 5.73. The molecule has 4 nitrogen and oxygen atoms in total. The summed E-state index contributed by atoms with van der Waals surface area (Å²) in [5.41, 5.74) is 4.20. The first-order valence-corrected chi connectivity index (χ1v) is 7.48. The van der Waals surface area contributed by atoms with Gasteiger partial charge < -0.3 is 4.90 Å². The Morgan fingerprint density at radius 1 is 1.15 bits per heavy atom. The van der Waals surface area contributed by atoms with Gasteiger partial charge in [-0.25, -0.2) is 10.3 Å². The highest BCUT2D eigenvalue weighted by Crippen LogP contribution is 2.53. The Kier molecular flexibility index (Phi) is 3.92. The van der Waals surface area contributed by atoms with Crippen LogP contribution in [0, 0.1) is 5.41 Å². The van der Waals surface area contributed by atoms with E-state index in [1.54, 1.807) is 0 Å². The van der Waals surface area contributed by atoms with E-state index in [1.807, 2.05) is 35.2 Å². The number of hydrogen-bond donors (Lipinski definition) is 1. The molecule has 4 heteroatoms. The van der Waals surface area contributed by atoms with Gasteiger partial charge in [-0.2, -0.15) is 0 Å². The number of nitrogens with one attached hydrogen (secondary N) is 1. The van der Waals surface area contributed by atoms with E-state index in [0.29, 0.717) is 12.0 Å². The smallest absolute Gasteiger partial charge is 0.323 e. The maximum absolute atomic E-state index is 12.1. The van der Waals surface area contributed by atoms with E-state index in [1.165, 1.54) is 19.3 Å². The maximum atomic E-state index is 12.1. The Morgan fingerprint density at radius 3 is 2.70 bits per heavy atom. The van der Waals surface area contributed by atoms with Crippen molar-refractivity contribution in [3.05, 3.63) is 35.9 Å². The fraction of sp³-hybridized carbons (Fsp3) is 0.562. The molecular formula is C16H22N2O2. The average molecular weight is 274 g/mol. The van der Waals surface area contributed by atoms with Crippen molar-refractivity contribution in [2.75, 3.05) is 13.1 Å². The van der Waals surface area contributed by atoms with Gasteiger partial charge in [0.15, 0.2) is 0 Å². The number of hydrogen-bond acceptors (Lipinski definition) is 2. The summed E-state index contributed by atoms with van der Waals surface area (Å²) in [5, 5.41) is 0. The molecule has 1 aromatic rings. The van der Waals surface area contributed by atoms with Crippen LogP contribution in [0.4, 0.5) is 4.79 Å². The van der Waals surface area contributed by atoms with Crippen molar-refractivity contribution in [1.82, 2.24) is 10.4 Å². The predicted octanol–water partition coefficient (Wildman–Crippen LogP) is 3.09. The van der Waals surface area contributed by atoms with Crippen molar-refractivity contribution in [3.63, 3.8) is 0 Å². The lowest BCUT2D eigenvalue weighted by Crippen LogP contribution is -2.40. The Hall–Kier alpha value is -1.55. The number of carbonyl (C=O) groups is 1. The minimum Gasteiger partial charge on any atom is -0.323 e. The molecule has 1 aliphatic carbocycles. The van der Waals surface area contributed by atoms with Crippen LogP contribution in [0.15, 0.2) is 30.3 Å². The van der Waals surface area contributed by atoms with Crippen LogP contribution in [0.1, 0.15) is 37.7 Å². The largest absolute Gasteiger partial charge is 0.341 e. The molecule has 108 valence electrons. The highest BCUT2D eigenvalue weighted by Gasteiger charge is 2.43. The lowest BCUT2D eigenvalue weighted by Gasteiger charge is -2.20. The van der Waals surface area contributed by atoms with Gasteiger partial charge in [0.1, 0.15) is 0 Å². The molecule has 2 amide bonds. The molecule has 1 N–H and O–H groups in total. The van der Waals surface area contributed by atoms with Crippen LogP contribution >= 0.6 is 0 Å². The van der Waals surface area contributed by atoms with Crippen LogP contribution < -0.4 is 5.48 Å². The van der Waals surface area contributed by atoms with E-state index in [0.717, 1.165) is 31.5 Å². The number of benzene rings is 1. The first-order chi connectivity index (χ1) is 9.77. The van der Waals surface area contributed by atoms with Gasteiger partial charge in [-0.05, 0) is 43.1 Å². The number of carbonyl (C=O) groups excluding carboxylic acids is 1. The zero-order valence-electron chi connectivity index (χ0n) is 11.8. The van der Waals surface area contributed by atoms with Crippen LogP contribution in [0.5, 0.6) is 0 Å². The molecule has 1 spiro atoms. The van der Waals surface area contributed by atoms with Crippen molar-refractivity contribution >= 4 is 6.03 Å². The Bertz CT molecular complexity index is 457. The summed E-state index contributed by atoms with van der Waals surface area (Å²) in [6, 6.07) is 9.75. The van der Waals surface area contributed by atoms with Crippen molar-refractivity contribution in [2.24, 2.45) is 5.41 Å². The number of hydroxylamine groups is 1. The van der Waals surface area contributed by atoms with Gasteiger partial charge in [-0.3, -0.25) is 4.84 Å². The van der Waals surface area contributed by atoms with E-state index in [-0.39, 0.29) is 6.03 Å². The van der Waals surface area contributed by atoms with E-state index in [2.05, 4.69) is 5.48 Å². The summed E-state index contributed by atoms with van der Waals surface area (Å²) in [6.45, 7) is 2.12. The molecule has 2 aliphatic rings. The summed E-state index contributed by atoms with van der Waals surface area (Å²) in [6.07, 6.45) is 6.26. The number of amides is 2. The van der Waals surface area contributed by atoms with Crippen molar-refractivity contribution in [2.45, 2.75) is 38.7 Å². The van der Waals surface area contributed by atoms with Gasteiger partial charge in [0, 0.05) is 13.1 Å². The molecule has 1 aliphatic heterocycles.